The number of ether oxygens (including phenoxy) is 1. The standard InChI is InChI=1S/C15H15ClO3S/c1-19-12-4-2-3-10(8-12)7-11(15(17)18)9-13-5-6-14(16)20-13/h2-6,8,11H,7,9H2,1H3,(H,17,18). The van der Waals surface area contributed by atoms with Crippen molar-refractivity contribution < 1.29 is 14.6 Å². The molecule has 3 nitrogen and oxygen atoms in total. The molecule has 0 aliphatic carbocycles. The molecule has 1 atom stereocenters. The van der Waals surface area contributed by atoms with Crippen molar-refractivity contribution in [2.75, 3.05) is 7.11 Å². The summed E-state index contributed by atoms with van der Waals surface area (Å²) in [5, 5.41) is 9.37. The van der Waals surface area contributed by atoms with Crippen molar-refractivity contribution in [1.82, 2.24) is 0 Å². The molecule has 1 N–H and O–H groups in total. The molecule has 0 spiro atoms. The van der Waals surface area contributed by atoms with Gasteiger partial charge >= 0.3 is 5.97 Å². The maximum atomic E-state index is 11.4. The Morgan fingerprint density at radius 2 is 2.15 bits per heavy atom. The van der Waals surface area contributed by atoms with Crippen molar-refractivity contribution in [2.24, 2.45) is 5.92 Å². The van der Waals surface area contributed by atoms with Gasteiger partial charge in [0.1, 0.15) is 5.75 Å². The molecule has 0 aliphatic heterocycles. The Balaban J connectivity index is 2.10. The number of benzene rings is 1. The molecule has 0 fully saturated rings. The van der Waals surface area contributed by atoms with Gasteiger partial charge in [-0.1, -0.05) is 23.7 Å². The van der Waals surface area contributed by atoms with E-state index in [1.165, 1.54) is 11.3 Å². The zero-order valence-electron chi connectivity index (χ0n) is 11.0. The van der Waals surface area contributed by atoms with E-state index in [2.05, 4.69) is 0 Å². The maximum absolute atomic E-state index is 11.4. The van der Waals surface area contributed by atoms with Gasteiger partial charge in [-0.2, -0.15) is 0 Å². The third-order valence-electron chi connectivity index (χ3n) is 3.04. The summed E-state index contributed by atoms with van der Waals surface area (Å²) < 4.78 is 5.84. The predicted octanol–water partition coefficient (Wildman–Crippen LogP) is 3.90. The lowest BCUT2D eigenvalue weighted by Crippen LogP contribution is -2.18. The zero-order chi connectivity index (χ0) is 14.5. The van der Waals surface area contributed by atoms with Crippen LogP contribution in [0.15, 0.2) is 36.4 Å². The van der Waals surface area contributed by atoms with Crippen LogP contribution in [0.5, 0.6) is 5.75 Å². The van der Waals surface area contributed by atoms with Crippen LogP contribution in [0.2, 0.25) is 4.34 Å². The number of halogens is 1. The molecule has 1 aromatic carbocycles. The van der Waals surface area contributed by atoms with Crippen LogP contribution in [0.25, 0.3) is 0 Å². The summed E-state index contributed by atoms with van der Waals surface area (Å²) >= 11 is 7.31. The summed E-state index contributed by atoms with van der Waals surface area (Å²) in [5.74, 6) is -0.514. The number of hydrogen-bond donors (Lipinski definition) is 1. The first kappa shape index (κ1) is 14.9. The minimum Gasteiger partial charge on any atom is -0.497 e. The first-order valence-corrected chi connectivity index (χ1v) is 7.38. The van der Waals surface area contributed by atoms with Crippen molar-refractivity contribution >= 4 is 28.9 Å². The smallest absolute Gasteiger partial charge is 0.307 e. The van der Waals surface area contributed by atoms with Crippen LogP contribution in [0.4, 0.5) is 0 Å². The predicted molar refractivity (Wildman–Crippen MR) is 80.9 cm³/mol. The van der Waals surface area contributed by atoms with Gasteiger partial charge in [0.05, 0.1) is 17.4 Å². The van der Waals surface area contributed by atoms with E-state index in [0.717, 1.165) is 16.2 Å². The summed E-state index contributed by atoms with van der Waals surface area (Å²) in [5.41, 5.74) is 0.958. The largest absolute Gasteiger partial charge is 0.497 e. The molecule has 0 saturated carbocycles. The number of aliphatic carboxylic acids is 1. The molecule has 0 aliphatic rings. The molecule has 20 heavy (non-hydrogen) atoms. The van der Waals surface area contributed by atoms with Crippen molar-refractivity contribution in [3.63, 3.8) is 0 Å². The lowest BCUT2D eigenvalue weighted by Gasteiger charge is -2.12. The van der Waals surface area contributed by atoms with Gasteiger partial charge in [-0.15, -0.1) is 11.3 Å². The molecule has 106 valence electrons. The van der Waals surface area contributed by atoms with E-state index in [4.69, 9.17) is 16.3 Å². The Kier molecular flexibility index (Phi) is 5.04. The number of hydrogen-bond acceptors (Lipinski definition) is 3. The van der Waals surface area contributed by atoms with Crippen molar-refractivity contribution in [3.05, 3.63) is 51.2 Å². The van der Waals surface area contributed by atoms with Gasteiger partial charge in [0.2, 0.25) is 0 Å². The fourth-order valence-electron chi connectivity index (χ4n) is 2.04. The molecule has 5 heteroatoms. The fourth-order valence-corrected chi connectivity index (χ4v) is 3.20. The average Bonchev–Trinajstić information content (AvgIpc) is 2.83. The third-order valence-corrected chi connectivity index (χ3v) is 4.30. The van der Waals surface area contributed by atoms with Gasteiger partial charge in [-0.3, -0.25) is 4.79 Å². The topological polar surface area (TPSA) is 46.5 Å². The molecule has 0 radical (unpaired) electrons. The van der Waals surface area contributed by atoms with Crippen molar-refractivity contribution in [2.45, 2.75) is 12.8 Å². The summed E-state index contributed by atoms with van der Waals surface area (Å²) in [6, 6.07) is 11.2. The van der Waals surface area contributed by atoms with E-state index in [-0.39, 0.29) is 0 Å². The number of thiophene rings is 1. The normalized spacial score (nSPS) is 12.1. The summed E-state index contributed by atoms with van der Waals surface area (Å²) in [4.78, 5) is 12.4. The number of rotatable bonds is 6. The van der Waals surface area contributed by atoms with Crippen LogP contribution in [-0.4, -0.2) is 18.2 Å². The van der Waals surface area contributed by atoms with Crippen LogP contribution < -0.4 is 4.74 Å². The van der Waals surface area contributed by atoms with E-state index in [1.807, 2.05) is 30.3 Å². The molecule has 2 rings (SSSR count). The minimum absolute atomic E-state index is 0.461. The first-order valence-electron chi connectivity index (χ1n) is 6.18. The Labute approximate surface area is 126 Å². The van der Waals surface area contributed by atoms with Crippen LogP contribution in [0.3, 0.4) is 0 Å². The second-order valence-corrected chi connectivity index (χ2v) is 6.30. The minimum atomic E-state index is -0.794. The van der Waals surface area contributed by atoms with Gasteiger partial charge in [0.25, 0.3) is 0 Å². The van der Waals surface area contributed by atoms with E-state index in [1.54, 1.807) is 13.2 Å². The Bertz CT molecular complexity index is 594. The highest BCUT2D eigenvalue weighted by atomic mass is 35.5. The highest BCUT2D eigenvalue weighted by Crippen LogP contribution is 2.26. The Morgan fingerprint density at radius 1 is 1.35 bits per heavy atom. The van der Waals surface area contributed by atoms with Crippen LogP contribution in [0, 0.1) is 5.92 Å². The molecule has 0 bridgehead atoms. The summed E-state index contributed by atoms with van der Waals surface area (Å²) in [6.45, 7) is 0. The molecule has 1 aromatic heterocycles. The summed E-state index contributed by atoms with van der Waals surface area (Å²) in [6.07, 6.45) is 0.964. The number of carboxylic acids is 1. The molecular weight excluding hydrogens is 296 g/mol. The second kappa shape index (κ2) is 6.77. The molecular formula is C15H15ClO3S. The molecule has 0 saturated heterocycles. The van der Waals surface area contributed by atoms with E-state index < -0.39 is 11.9 Å². The average molecular weight is 311 g/mol. The molecule has 1 unspecified atom stereocenters. The van der Waals surface area contributed by atoms with Gasteiger partial charge in [-0.25, -0.2) is 0 Å². The molecule has 1 heterocycles. The second-order valence-electron chi connectivity index (χ2n) is 4.50. The van der Waals surface area contributed by atoms with Gasteiger partial charge in [0.15, 0.2) is 0 Å². The van der Waals surface area contributed by atoms with E-state index in [9.17, 15) is 9.90 Å². The van der Waals surface area contributed by atoms with Crippen molar-refractivity contribution in [1.29, 1.82) is 0 Å². The lowest BCUT2D eigenvalue weighted by molar-refractivity contribution is -0.141. The van der Waals surface area contributed by atoms with Crippen molar-refractivity contribution in [3.8, 4) is 5.75 Å². The monoisotopic (exact) mass is 310 g/mol. The fraction of sp³-hybridized carbons (Fsp3) is 0.267. The van der Waals surface area contributed by atoms with Gasteiger partial charge in [0, 0.05) is 4.88 Å². The van der Waals surface area contributed by atoms with E-state index in [0.29, 0.717) is 17.2 Å². The highest BCUT2D eigenvalue weighted by Gasteiger charge is 2.19. The molecule has 2 aromatic rings. The first-order chi connectivity index (χ1) is 9.58. The number of methoxy groups -OCH3 is 1. The number of carboxylic acid groups (broad SMARTS) is 1. The SMILES string of the molecule is COc1cccc(CC(Cc2ccc(Cl)s2)C(=O)O)c1. The number of carbonyl (C=O) groups is 1. The van der Waals surface area contributed by atoms with Crippen LogP contribution >= 0.6 is 22.9 Å². The van der Waals surface area contributed by atoms with Gasteiger partial charge in [-0.05, 0) is 42.7 Å². The third kappa shape index (κ3) is 3.99. The van der Waals surface area contributed by atoms with Crippen LogP contribution in [0.1, 0.15) is 10.4 Å². The molecule has 0 amide bonds. The Hall–Kier alpha value is -1.52. The van der Waals surface area contributed by atoms with E-state index >= 15 is 0 Å². The van der Waals surface area contributed by atoms with Gasteiger partial charge < -0.3 is 9.84 Å². The zero-order valence-corrected chi connectivity index (χ0v) is 12.6. The summed E-state index contributed by atoms with van der Waals surface area (Å²) in [7, 11) is 1.60. The highest BCUT2D eigenvalue weighted by molar-refractivity contribution is 7.16. The quantitative estimate of drug-likeness (QED) is 0.880. The Morgan fingerprint density at radius 3 is 2.75 bits per heavy atom. The maximum Gasteiger partial charge on any atom is 0.307 e. The van der Waals surface area contributed by atoms with Crippen LogP contribution in [-0.2, 0) is 17.6 Å². The lowest BCUT2D eigenvalue weighted by atomic mass is 9.95.